The Labute approximate surface area is 170 Å². The standard InChI is InChI=1S/C25H36O3/c1-5-21(20-10-8-7-9-11-20)27-24-13-18-12-19(14-24)16-25(15-18,17-24)28-22(26)23(3,4)6-2/h7-11,18-19,21H,5-6,12-17H2,1-4H3. The van der Waals surface area contributed by atoms with Gasteiger partial charge < -0.3 is 9.47 Å². The van der Waals surface area contributed by atoms with E-state index >= 15 is 0 Å². The fraction of sp³-hybridized carbons (Fsp3) is 0.720. The van der Waals surface area contributed by atoms with Crippen LogP contribution in [0, 0.1) is 17.3 Å². The zero-order chi connectivity index (χ0) is 20.0. The van der Waals surface area contributed by atoms with Gasteiger partial charge in [-0.1, -0.05) is 44.2 Å². The van der Waals surface area contributed by atoms with Gasteiger partial charge in [-0.15, -0.1) is 0 Å². The predicted molar refractivity (Wildman–Crippen MR) is 111 cm³/mol. The Morgan fingerprint density at radius 2 is 1.68 bits per heavy atom. The van der Waals surface area contributed by atoms with Crippen LogP contribution in [0.25, 0.3) is 0 Å². The van der Waals surface area contributed by atoms with Crippen LogP contribution >= 0.6 is 0 Å². The minimum Gasteiger partial charge on any atom is -0.459 e. The zero-order valence-electron chi connectivity index (χ0n) is 18.0. The zero-order valence-corrected chi connectivity index (χ0v) is 18.0. The maximum Gasteiger partial charge on any atom is 0.312 e. The van der Waals surface area contributed by atoms with Crippen molar-refractivity contribution in [3.8, 4) is 0 Å². The molecule has 4 aliphatic rings. The molecule has 0 saturated heterocycles. The largest absolute Gasteiger partial charge is 0.459 e. The normalized spacial score (nSPS) is 35.0. The van der Waals surface area contributed by atoms with Crippen LogP contribution in [0.1, 0.15) is 90.7 Å². The summed E-state index contributed by atoms with van der Waals surface area (Å²) in [5, 5.41) is 0. The smallest absolute Gasteiger partial charge is 0.312 e. The van der Waals surface area contributed by atoms with Gasteiger partial charge in [0.25, 0.3) is 0 Å². The third kappa shape index (κ3) is 3.63. The summed E-state index contributed by atoms with van der Waals surface area (Å²) in [5.74, 6) is 1.24. The lowest BCUT2D eigenvalue weighted by Crippen LogP contribution is -2.62. The molecule has 1 aromatic rings. The van der Waals surface area contributed by atoms with Crippen molar-refractivity contribution in [3.63, 3.8) is 0 Å². The minimum absolute atomic E-state index is 0.0257. The molecule has 0 radical (unpaired) electrons. The molecule has 3 nitrogen and oxygen atoms in total. The molecule has 4 fully saturated rings. The van der Waals surface area contributed by atoms with Crippen LogP contribution in [0.15, 0.2) is 30.3 Å². The average Bonchev–Trinajstić information content (AvgIpc) is 2.65. The van der Waals surface area contributed by atoms with Crippen LogP contribution in [0.2, 0.25) is 0 Å². The molecule has 4 aliphatic carbocycles. The first kappa shape index (κ1) is 19.9. The Morgan fingerprint density at radius 3 is 2.25 bits per heavy atom. The van der Waals surface area contributed by atoms with Crippen LogP contribution in [-0.4, -0.2) is 17.2 Å². The first-order chi connectivity index (χ1) is 13.3. The highest BCUT2D eigenvalue weighted by Gasteiger charge is 2.61. The summed E-state index contributed by atoms with van der Waals surface area (Å²) in [7, 11) is 0. The van der Waals surface area contributed by atoms with Crippen molar-refractivity contribution in [2.75, 3.05) is 0 Å². The fourth-order valence-corrected chi connectivity index (χ4v) is 6.19. The van der Waals surface area contributed by atoms with Gasteiger partial charge in [0.15, 0.2) is 0 Å². The van der Waals surface area contributed by atoms with E-state index in [0.29, 0.717) is 11.8 Å². The molecule has 0 aliphatic heterocycles. The Morgan fingerprint density at radius 1 is 1.07 bits per heavy atom. The summed E-state index contributed by atoms with van der Waals surface area (Å²) in [4.78, 5) is 12.9. The number of hydrogen-bond acceptors (Lipinski definition) is 3. The van der Waals surface area contributed by atoms with Crippen molar-refractivity contribution in [3.05, 3.63) is 35.9 Å². The number of benzene rings is 1. The van der Waals surface area contributed by atoms with Gasteiger partial charge in [-0.3, -0.25) is 4.79 Å². The number of rotatable bonds is 7. The summed E-state index contributed by atoms with van der Waals surface area (Å²) >= 11 is 0. The second kappa shape index (κ2) is 7.16. The highest BCUT2D eigenvalue weighted by molar-refractivity contribution is 5.76. The molecule has 0 aromatic heterocycles. The second-order valence-corrected chi connectivity index (χ2v) is 10.4. The van der Waals surface area contributed by atoms with Crippen LogP contribution in [0.5, 0.6) is 0 Å². The average molecular weight is 385 g/mol. The molecule has 4 bridgehead atoms. The predicted octanol–water partition coefficient (Wildman–Crippen LogP) is 6.23. The third-order valence-electron chi connectivity index (χ3n) is 7.63. The molecule has 3 atom stereocenters. The van der Waals surface area contributed by atoms with Gasteiger partial charge in [0.05, 0.1) is 17.1 Å². The van der Waals surface area contributed by atoms with E-state index in [2.05, 4.69) is 44.2 Å². The van der Waals surface area contributed by atoms with Crippen molar-refractivity contribution in [2.45, 2.75) is 96.4 Å². The monoisotopic (exact) mass is 384 g/mol. The highest BCUT2D eigenvalue weighted by atomic mass is 16.6. The van der Waals surface area contributed by atoms with Crippen molar-refractivity contribution in [1.29, 1.82) is 0 Å². The molecule has 28 heavy (non-hydrogen) atoms. The van der Waals surface area contributed by atoms with Gasteiger partial charge in [0.1, 0.15) is 5.60 Å². The van der Waals surface area contributed by atoms with Crippen molar-refractivity contribution >= 4 is 5.97 Å². The number of ether oxygens (including phenoxy) is 2. The lowest BCUT2D eigenvalue weighted by molar-refractivity contribution is -0.250. The Balaban J connectivity index is 1.56. The summed E-state index contributed by atoms with van der Waals surface area (Å²) in [6.07, 6.45) is 8.37. The van der Waals surface area contributed by atoms with Crippen LogP contribution in [0.4, 0.5) is 0 Å². The van der Waals surface area contributed by atoms with Crippen molar-refractivity contribution < 1.29 is 14.3 Å². The molecule has 0 amide bonds. The molecule has 0 N–H and O–H groups in total. The number of esters is 1. The minimum atomic E-state index is -0.409. The lowest BCUT2D eigenvalue weighted by atomic mass is 9.52. The Hall–Kier alpha value is -1.35. The second-order valence-electron chi connectivity index (χ2n) is 10.4. The highest BCUT2D eigenvalue weighted by Crippen LogP contribution is 2.61. The summed E-state index contributed by atoms with van der Waals surface area (Å²) in [6, 6.07) is 10.6. The SMILES string of the molecule is CCC(OC12CC3CC(CC(OC(=O)C(C)(C)CC)(C3)C1)C2)c1ccccc1. The first-order valence-corrected chi connectivity index (χ1v) is 11.2. The lowest BCUT2D eigenvalue weighted by Gasteiger charge is -2.61. The van der Waals surface area contributed by atoms with Gasteiger partial charge in [-0.05, 0) is 76.2 Å². The Kier molecular flexibility index (Phi) is 5.10. The molecule has 0 spiro atoms. The van der Waals surface area contributed by atoms with Crippen LogP contribution in [0.3, 0.4) is 0 Å². The van der Waals surface area contributed by atoms with E-state index in [4.69, 9.17) is 9.47 Å². The van der Waals surface area contributed by atoms with Gasteiger partial charge in [-0.2, -0.15) is 0 Å². The van der Waals surface area contributed by atoms with Crippen LogP contribution < -0.4 is 0 Å². The molecular weight excluding hydrogens is 348 g/mol. The van der Waals surface area contributed by atoms with E-state index in [1.54, 1.807) is 0 Å². The van der Waals surface area contributed by atoms with Crippen molar-refractivity contribution in [2.24, 2.45) is 17.3 Å². The van der Waals surface area contributed by atoms with E-state index in [0.717, 1.165) is 44.9 Å². The summed E-state index contributed by atoms with van der Waals surface area (Å²) < 4.78 is 13.2. The first-order valence-electron chi connectivity index (χ1n) is 11.2. The van der Waals surface area contributed by atoms with Crippen LogP contribution in [-0.2, 0) is 14.3 Å². The molecule has 3 heteroatoms. The van der Waals surface area contributed by atoms with E-state index < -0.39 is 5.41 Å². The maximum absolute atomic E-state index is 12.9. The van der Waals surface area contributed by atoms with E-state index in [1.807, 2.05) is 13.8 Å². The topological polar surface area (TPSA) is 35.5 Å². The number of hydrogen-bond donors (Lipinski definition) is 0. The maximum atomic E-state index is 12.9. The molecule has 3 unspecified atom stereocenters. The van der Waals surface area contributed by atoms with Gasteiger partial charge in [-0.25, -0.2) is 0 Å². The van der Waals surface area contributed by atoms with Gasteiger partial charge in [0, 0.05) is 6.42 Å². The number of carbonyl (C=O) groups is 1. The van der Waals surface area contributed by atoms with Gasteiger partial charge >= 0.3 is 5.97 Å². The van der Waals surface area contributed by atoms with Crippen molar-refractivity contribution in [1.82, 2.24) is 0 Å². The quantitative estimate of drug-likeness (QED) is 0.523. The molecule has 4 saturated carbocycles. The third-order valence-corrected chi connectivity index (χ3v) is 7.63. The van der Waals surface area contributed by atoms with E-state index in [-0.39, 0.29) is 23.3 Å². The molecule has 154 valence electrons. The summed E-state index contributed by atoms with van der Waals surface area (Å²) in [6.45, 7) is 8.28. The molecule has 0 heterocycles. The van der Waals surface area contributed by atoms with Gasteiger partial charge in [0.2, 0.25) is 0 Å². The Bertz CT molecular complexity index is 694. The molecule has 5 rings (SSSR count). The number of carbonyl (C=O) groups excluding carboxylic acids is 1. The van der Waals surface area contributed by atoms with E-state index in [1.165, 1.54) is 12.0 Å². The fourth-order valence-electron chi connectivity index (χ4n) is 6.19. The van der Waals surface area contributed by atoms with E-state index in [9.17, 15) is 4.79 Å². The molecule has 1 aromatic carbocycles. The summed E-state index contributed by atoms with van der Waals surface area (Å²) in [5.41, 5.74) is 0.423. The molecular formula is C25H36O3.